The summed E-state index contributed by atoms with van der Waals surface area (Å²) in [6.45, 7) is 0.268. The van der Waals surface area contributed by atoms with Gasteiger partial charge in [0.15, 0.2) is 0 Å². The average molecular weight is 509 g/mol. The van der Waals surface area contributed by atoms with Crippen LogP contribution in [0, 0.1) is 0 Å². The summed E-state index contributed by atoms with van der Waals surface area (Å²) >= 11 is 0. The summed E-state index contributed by atoms with van der Waals surface area (Å²) in [5, 5.41) is 17.2. The predicted molar refractivity (Wildman–Crippen MR) is 146 cm³/mol. The van der Waals surface area contributed by atoms with Crippen molar-refractivity contribution in [1.82, 2.24) is 14.8 Å². The Morgan fingerprint density at radius 1 is 1.08 bits per heavy atom. The molecule has 192 valence electrons. The second-order valence-corrected chi connectivity index (χ2v) is 9.64. The molecule has 3 aromatic carbocycles. The molecule has 2 aromatic heterocycles. The minimum atomic E-state index is -0.894. The molecule has 1 saturated carbocycles. The highest BCUT2D eigenvalue weighted by molar-refractivity contribution is 5.97. The lowest BCUT2D eigenvalue weighted by atomic mass is 9.93. The summed E-state index contributed by atoms with van der Waals surface area (Å²) < 4.78 is 14.1. The maximum atomic E-state index is 11.4. The number of anilines is 1. The molecule has 0 aliphatic heterocycles. The Bertz CT molecular complexity index is 1670. The van der Waals surface area contributed by atoms with Gasteiger partial charge in [0.2, 0.25) is 0 Å². The maximum absolute atomic E-state index is 11.4. The topological polar surface area (TPSA) is 112 Å². The smallest absolute Gasteiger partial charge is 0.307 e. The summed E-state index contributed by atoms with van der Waals surface area (Å²) in [5.41, 5.74) is 10.5. The van der Waals surface area contributed by atoms with Gasteiger partial charge in [0.05, 0.1) is 30.8 Å². The molecule has 0 amide bonds. The van der Waals surface area contributed by atoms with Crippen LogP contribution in [0.1, 0.15) is 36.6 Å². The number of hydrogen-bond acceptors (Lipinski definition) is 6. The van der Waals surface area contributed by atoms with Crippen LogP contribution >= 0.6 is 0 Å². The molecule has 1 aliphatic rings. The fraction of sp³-hybridized carbons (Fsp3) is 0.233. The van der Waals surface area contributed by atoms with Crippen molar-refractivity contribution in [2.24, 2.45) is 0 Å². The van der Waals surface area contributed by atoms with E-state index in [9.17, 15) is 9.90 Å². The minimum absolute atomic E-state index is 0.0971. The fourth-order valence-electron chi connectivity index (χ4n) is 5.11. The number of rotatable bonds is 8. The predicted octanol–water partition coefficient (Wildman–Crippen LogP) is 5.77. The van der Waals surface area contributed by atoms with Gasteiger partial charge in [-0.2, -0.15) is 5.10 Å². The van der Waals surface area contributed by atoms with E-state index in [-0.39, 0.29) is 13.0 Å². The van der Waals surface area contributed by atoms with Gasteiger partial charge in [-0.15, -0.1) is 0 Å². The third kappa shape index (κ3) is 4.28. The van der Waals surface area contributed by atoms with E-state index in [2.05, 4.69) is 21.8 Å². The summed E-state index contributed by atoms with van der Waals surface area (Å²) in [6, 6.07) is 19.7. The number of nitrogens with zero attached hydrogens (tertiary/aromatic N) is 3. The Morgan fingerprint density at radius 2 is 1.92 bits per heavy atom. The van der Waals surface area contributed by atoms with Crippen LogP contribution in [0.3, 0.4) is 0 Å². The lowest BCUT2D eigenvalue weighted by Crippen LogP contribution is -2.21. The molecular formula is C30H28N4O4. The van der Waals surface area contributed by atoms with Crippen molar-refractivity contribution in [1.29, 1.82) is 0 Å². The molecule has 2 heterocycles. The zero-order valence-corrected chi connectivity index (χ0v) is 21.1. The van der Waals surface area contributed by atoms with Crippen molar-refractivity contribution >= 4 is 33.5 Å². The van der Waals surface area contributed by atoms with Gasteiger partial charge >= 0.3 is 5.97 Å². The highest BCUT2D eigenvalue weighted by Gasteiger charge is 2.26. The molecule has 1 fully saturated rings. The minimum Gasteiger partial charge on any atom is -0.496 e. The van der Waals surface area contributed by atoms with Crippen LogP contribution < -0.4 is 15.2 Å². The second-order valence-electron chi connectivity index (χ2n) is 9.64. The van der Waals surface area contributed by atoms with E-state index >= 15 is 0 Å². The van der Waals surface area contributed by atoms with E-state index < -0.39 is 5.97 Å². The number of aliphatic carboxylic acids is 1. The molecule has 1 aliphatic carbocycles. The van der Waals surface area contributed by atoms with Crippen molar-refractivity contribution in [2.45, 2.75) is 38.3 Å². The van der Waals surface area contributed by atoms with E-state index in [1.54, 1.807) is 19.4 Å². The summed E-state index contributed by atoms with van der Waals surface area (Å²) in [6.07, 6.45) is 4.92. The maximum Gasteiger partial charge on any atom is 0.307 e. The van der Waals surface area contributed by atoms with Crippen molar-refractivity contribution in [3.63, 3.8) is 0 Å². The Labute approximate surface area is 219 Å². The van der Waals surface area contributed by atoms with Gasteiger partial charge in [0, 0.05) is 34.2 Å². The number of para-hydroxylation sites is 1. The first kappa shape index (κ1) is 23.8. The molecule has 0 unspecified atom stereocenters. The Balaban J connectivity index is 1.45. The van der Waals surface area contributed by atoms with E-state index in [4.69, 9.17) is 20.3 Å². The standard InChI is InChI=1S/C30H28N4O4/c1-37-28-16-25-24(15-22(28)19-10-9-18-11-12-32-30(31)23(18)13-19)26(34(33-25)21-6-4-7-21)17-38-27-8-3-2-5-20(27)14-29(35)36/h2-3,5,8-13,15-16,21H,4,6-7,14,17H2,1H3,(H2,31,32)(H,35,36). The zero-order chi connectivity index (χ0) is 26.2. The van der Waals surface area contributed by atoms with Crippen molar-refractivity contribution in [2.75, 3.05) is 12.8 Å². The third-order valence-corrected chi connectivity index (χ3v) is 7.33. The summed E-state index contributed by atoms with van der Waals surface area (Å²) in [4.78, 5) is 15.6. The molecular weight excluding hydrogens is 480 g/mol. The van der Waals surface area contributed by atoms with Gasteiger partial charge in [-0.05, 0) is 54.5 Å². The first-order valence-electron chi connectivity index (χ1n) is 12.7. The van der Waals surface area contributed by atoms with Gasteiger partial charge in [-0.3, -0.25) is 9.48 Å². The van der Waals surface area contributed by atoms with Gasteiger partial charge in [-0.25, -0.2) is 4.98 Å². The number of carbonyl (C=O) groups is 1. The fourth-order valence-corrected chi connectivity index (χ4v) is 5.11. The lowest BCUT2D eigenvalue weighted by Gasteiger charge is -2.27. The molecule has 0 spiro atoms. The highest BCUT2D eigenvalue weighted by atomic mass is 16.5. The van der Waals surface area contributed by atoms with Gasteiger partial charge in [0.25, 0.3) is 0 Å². The number of benzene rings is 3. The summed E-state index contributed by atoms with van der Waals surface area (Å²) in [7, 11) is 1.66. The molecule has 6 rings (SSSR count). The normalized spacial score (nSPS) is 13.5. The van der Waals surface area contributed by atoms with Crippen molar-refractivity contribution in [3.8, 4) is 22.6 Å². The number of nitrogen functional groups attached to an aromatic ring is 1. The van der Waals surface area contributed by atoms with E-state index in [1.807, 2.05) is 42.5 Å². The number of ether oxygens (including phenoxy) is 2. The molecule has 5 aromatic rings. The number of aromatic nitrogens is 3. The number of hydrogen-bond donors (Lipinski definition) is 2. The first-order valence-corrected chi connectivity index (χ1v) is 12.7. The molecule has 8 heteroatoms. The number of nitrogens with two attached hydrogens (primary N) is 1. The van der Waals surface area contributed by atoms with Crippen LogP contribution in [0.15, 0.2) is 66.9 Å². The molecule has 0 atom stereocenters. The molecule has 0 radical (unpaired) electrons. The molecule has 0 saturated heterocycles. The van der Waals surface area contributed by atoms with Gasteiger partial charge in [-0.1, -0.05) is 30.3 Å². The van der Waals surface area contributed by atoms with Crippen molar-refractivity contribution < 1.29 is 19.4 Å². The largest absolute Gasteiger partial charge is 0.496 e. The monoisotopic (exact) mass is 508 g/mol. The van der Waals surface area contributed by atoms with Crippen molar-refractivity contribution in [3.05, 3.63) is 78.1 Å². The Hall–Kier alpha value is -4.59. The number of pyridine rings is 1. The number of carboxylic acid groups (broad SMARTS) is 1. The lowest BCUT2D eigenvalue weighted by molar-refractivity contribution is -0.136. The Morgan fingerprint density at radius 3 is 2.68 bits per heavy atom. The van der Waals surface area contributed by atoms with Crippen LogP contribution in [0.4, 0.5) is 5.82 Å². The van der Waals surface area contributed by atoms with Gasteiger partial charge < -0.3 is 20.3 Å². The quantitative estimate of drug-likeness (QED) is 0.273. The zero-order valence-electron chi connectivity index (χ0n) is 21.1. The highest BCUT2D eigenvalue weighted by Crippen LogP contribution is 2.40. The average Bonchev–Trinajstić information content (AvgIpc) is 3.22. The second kappa shape index (κ2) is 9.70. The van der Waals surface area contributed by atoms with Gasteiger partial charge in [0.1, 0.15) is 23.9 Å². The summed E-state index contributed by atoms with van der Waals surface area (Å²) in [5.74, 6) is 0.873. The van der Waals surface area contributed by atoms with Crippen LogP contribution in [-0.2, 0) is 17.8 Å². The third-order valence-electron chi connectivity index (χ3n) is 7.33. The molecule has 0 bridgehead atoms. The number of methoxy groups -OCH3 is 1. The van der Waals surface area contributed by atoms with E-state index in [0.717, 1.165) is 57.1 Å². The first-order chi connectivity index (χ1) is 18.5. The van der Waals surface area contributed by atoms with E-state index in [1.165, 1.54) is 6.42 Å². The van der Waals surface area contributed by atoms with Crippen LogP contribution in [0.2, 0.25) is 0 Å². The molecule has 38 heavy (non-hydrogen) atoms. The van der Waals surface area contributed by atoms with Crippen LogP contribution in [0.5, 0.6) is 11.5 Å². The number of carboxylic acids is 1. The van der Waals surface area contributed by atoms with Crippen LogP contribution in [0.25, 0.3) is 32.8 Å². The van der Waals surface area contributed by atoms with Crippen LogP contribution in [-0.4, -0.2) is 33.0 Å². The SMILES string of the molecule is COc1cc2nn(C3CCC3)c(COc3ccccc3CC(=O)O)c2cc1-c1ccc2ccnc(N)c2c1. The van der Waals surface area contributed by atoms with E-state index in [0.29, 0.717) is 23.2 Å². The Kier molecular flexibility index (Phi) is 6.07. The molecule has 3 N–H and O–H groups in total. The number of fused-ring (bicyclic) bond motifs is 2. The molecule has 8 nitrogen and oxygen atoms in total.